The SMILES string of the molecule is COc1cc(NC(=O)c2cccc(C(F)(F)F)n2)cc2cn(C3CCC(CO)CC3)nc12. The van der Waals surface area contributed by atoms with E-state index in [1.807, 2.05) is 10.9 Å². The van der Waals surface area contributed by atoms with Gasteiger partial charge in [0.25, 0.3) is 5.91 Å². The number of anilines is 1. The summed E-state index contributed by atoms with van der Waals surface area (Å²) in [6.45, 7) is 0.200. The van der Waals surface area contributed by atoms with E-state index in [4.69, 9.17) is 4.74 Å². The summed E-state index contributed by atoms with van der Waals surface area (Å²) < 4.78 is 46.0. The first-order valence-electron chi connectivity index (χ1n) is 10.3. The molecule has 0 spiro atoms. The van der Waals surface area contributed by atoms with Crippen LogP contribution in [0.1, 0.15) is 47.9 Å². The van der Waals surface area contributed by atoms with Gasteiger partial charge in [-0.2, -0.15) is 18.3 Å². The number of carbonyl (C=O) groups excluding carboxylic acids is 1. The molecule has 10 heteroatoms. The number of aromatic nitrogens is 3. The van der Waals surface area contributed by atoms with Crippen LogP contribution in [0.4, 0.5) is 18.9 Å². The van der Waals surface area contributed by atoms with Crippen molar-refractivity contribution in [2.75, 3.05) is 19.0 Å². The lowest BCUT2D eigenvalue weighted by Crippen LogP contribution is -2.20. The molecule has 1 saturated carbocycles. The van der Waals surface area contributed by atoms with E-state index < -0.39 is 17.8 Å². The van der Waals surface area contributed by atoms with Crippen LogP contribution >= 0.6 is 0 Å². The normalized spacial score (nSPS) is 19.2. The molecule has 170 valence electrons. The monoisotopic (exact) mass is 448 g/mol. The summed E-state index contributed by atoms with van der Waals surface area (Å²) in [4.78, 5) is 15.9. The zero-order chi connectivity index (χ0) is 22.9. The van der Waals surface area contributed by atoms with E-state index in [9.17, 15) is 23.1 Å². The van der Waals surface area contributed by atoms with Crippen molar-refractivity contribution in [1.29, 1.82) is 0 Å². The number of rotatable bonds is 5. The highest BCUT2D eigenvalue weighted by Crippen LogP contribution is 2.35. The Morgan fingerprint density at radius 1 is 1.25 bits per heavy atom. The van der Waals surface area contributed by atoms with Gasteiger partial charge in [0.2, 0.25) is 0 Å². The fraction of sp³-hybridized carbons (Fsp3) is 0.409. The van der Waals surface area contributed by atoms with E-state index in [-0.39, 0.29) is 18.3 Å². The zero-order valence-corrected chi connectivity index (χ0v) is 17.4. The Labute approximate surface area is 182 Å². The minimum atomic E-state index is -4.64. The second kappa shape index (κ2) is 8.78. The van der Waals surface area contributed by atoms with Gasteiger partial charge >= 0.3 is 6.18 Å². The first kappa shape index (κ1) is 22.1. The number of ether oxygens (including phenoxy) is 1. The molecule has 0 atom stereocenters. The molecule has 1 aliphatic rings. The molecule has 0 unspecified atom stereocenters. The molecule has 0 saturated heterocycles. The number of nitrogens with one attached hydrogen (secondary N) is 1. The number of methoxy groups -OCH3 is 1. The van der Waals surface area contributed by atoms with Crippen LogP contribution in [0.2, 0.25) is 0 Å². The summed E-state index contributed by atoms with van der Waals surface area (Å²) in [5, 5.41) is 17.3. The van der Waals surface area contributed by atoms with Gasteiger partial charge in [0.1, 0.15) is 22.7 Å². The van der Waals surface area contributed by atoms with Crippen LogP contribution in [0.25, 0.3) is 10.9 Å². The fourth-order valence-corrected chi connectivity index (χ4v) is 4.04. The molecule has 2 N–H and O–H groups in total. The first-order valence-corrected chi connectivity index (χ1v) is 10.3. The summed E-state index contributed by atoms with van der Waals surface area (Å²) in [6.07, 6.45) is 0.918. The van der Waals surface area contributed by atoms with E-state index >= 15 is 0 Å². The van der Waals surface area contributed by atoms with E-state index in [1.165, 1.54) is 13.2 Å². The zero-order valence-electron chi connectivity index (χ0n) is 17.4. The van der Waals surface area contributed by atoms with Crippen LogP contribution in [0, 0.1) is 5.92 Å². The highest BCUT2D eigenvalue weighted by atomic mass is 19.4. The number of alkyl halides is 3. The maximum Gasteiger partial charge on any atom is 0.433 e. The van der Waals surface area contributed by atoms with Crippen LogP contribution in [0.15, 0.2) is 36.5 Å². The number of hydrogen-bond acceptors (Lipinski definition) is 5. The minimum absolute atomic E-state index is 0.200. The van der Waals surface area contributed by atoms with Crippen molar-refractivity contribution in [2.24, 2.45) is 5.92 Å². The quantitative estimate of drug-likeness (QED) is 0.603. The van der Waals surface area contributed by atoms with E-state index in [0.717, 1.165) is 43.2 Å². The predicted molar refractivity (Wildman–Crippen MR) is 112 cm³/mol. The van der Waals surface area contributed by atoms with Crippen LogP contribution in [-0.2, 0) is 6.18 Å². The third kappa shape index (κ3) is 4.55. The van der Waals surface area contributed by atoms with E-state index in [0.29, 0.717) is 22.9 Å². The fourth-order valence-electron chi connectivity index (χ4n) is 4.04. The maximum atomic E-state index is 12.9. The van der Waals surface area contributed by atoms with Gasteiger partial charge in [-0.3, -0.25) is 9.48 Å². The molecule has 7 nitrogen and oxygen atoms in total. The van der Waals surface area contributed by atoms with Gasteiger partial charge in [0.15, 0.2) is 0 Å². The van der Waals surface area contributed by atoms with Gasteiger partial charge in [0.05, 0.1) is 13.2 Å². The van der Waals surface area contributed by atoms with Crippen molar-refractivity contribution >= 4 is 22.5 Å². The van der Waals surface area contributed by atoms with Gasteiger partial charge in [0, 0.05) is 29.9 Å². The number of carbonyl (C=O) groups is 1. The van der Waals surface area contributed by atoms with Crippen molar-refractivity contribution in [1.82, 2.24) is 14.8 Å². The number of pyridine rings is 1. The molecule has 3 aromatic rings. The molecular formula is C22H23F3N4O3. The molecule has 1 amide bonds. The Morgan fingerprint density at radius 3 is 2.66 bits per heavy atom. The second-order valence-corrected chi connectivity index (χ2v) is 7.94. The average molecular weight is 448 g/mol. The number of aliphatic hydroxyl groups is 1. The third-order valence-electron chi connectivity index (χ3n) is 5.79. The lowest BCUT2D eigenvalue weighted by molar-refractivity contribution is -0.141. The van der Waals surface area contributed by atoms with E-state index in [2.05, 4.69) is 15.4 Å². The maximum absolute atomic E-state index is 12.9. The topological polar surface area (TPSA) is 89.3 Å². The summed E-state index contributed by atoms with van der Waals surface area (Å²) in [5.74, 6) is 0.0156. The van der Waals surface area contributed by atoms with Crippen LogP contribution < -0.4 is 10.1 Å². The third-order valence-corrected chi connectivity index (χ3v) is 5.79. The molecule has 0 bridgehead atoms. The molecule has 2 aromatic heterocycles. The van der Waals surface area contributed by atoms with Crippen molar-refractivity contribution in [3.05, 3.63) is 47.9 Å². The number of hydrogen-bond donors (Lipinski definition) is 2. The number of halogens is 3. The van der Waals surface area contributed by atoms with E-state index in [1.54, 1.807) is 12.1 Å². The molecule has 32 heavy (non-hydrogen) atoms. The number of benzene rings is 1. The van der Waals surface area contributed by atoms with Crippen LogP contribution in [-0.4, -0.2) is 39.5 Å². The molecule has 1 aliphatic carbocycles. The number of fused-ring (bicyclic) bond motifs is 1. The molecule has 4 rings (SSSR count). The van der Waals surface area contributed by atoms with Crippen molar-refractivity contribution in [3.63, 3.8) is 0 Å². The molecule has 1 aromatic carbocycles. The molecule has 1 fully saturated rings. The number of aliphatic hydroxyl groups excluding tert-OH is 1. The average Bonchev–Trinajstić information content (AvgIpc) is 3.22. The largest absolute Gasteiger partial charge is 0.494 e. The lowest BCUT2D eigenvalue weighted by atomic mass is 9.87. The highest BCUT2D eigenvalue weighted by molar-refractivity contribution is 6.04. The molecular weight excluding hydrogens is 425 g/mol. The van der Waals surface area contributed by atoms with Crippen LogP contribution in [0.3, 0.4) is 0 Å². The first-order chi connectivity index (χ1) is 15.3. The summed E-state index contributed by atoms with van der Waals surface area (Å²) in [5.41, 5.74) is -0.473. The Balaban J connectivity index is 1.58. The van der Waals surface area contributed by atoms with Crippen molar-refractivity contribution in [2.45, 2.75) is 37.9 Å². The molecule has 0 radical (unpaired) electrons. The minimum Gasteiger partial charge on any atom is -0.494 e. The Hall–Kier alpha value is -3.14. The van der Waals surface area contributed by atoms with Crippen molar-refractivity contribution < 1.29 is 27.8 Å². The Bertz CT molecular complexity index is 1120. The van der Waals surface area contributed by atoms with Gasteiger partial charge < -0.3 is 15.2 Å². The molecule has 0 aliphatic heterocycles. The van der Waals surface area contributed by atoms with Crippen LogP contribution in [0.5, 0.6) is 5.75 Å². The standard InChI is InChI=1S/C22H23F3N4O3/c1-32-18-10-15(26-21(31)17-3-2-4-19(27-17)22(23,24)25)9-14-11-29(28-20(14)18)16-7-5-13(12-30)6-8-16/h2-4,9-11,13,16,30H,5-8,12H2,1H3,(H,26,31). The highest BCUT2D eigenvalue weighted by Gasteiger charge is 2.33. The smallest absolute Gasteiger partial charge is 0.433 e. The van der Waals surface area contributed by atoms with Gasteiger partial charge in [-0.05, 0) is 49.8 Å². The number of nitrogens with zero attached hydrogens (tertiary/aromatic N) is 3. The lowest BCUT2D eigenvalue weighted by Gasteiger charge is -2.27. The van der Waals surface area contributed by atoms with Gasteiger partial charge in [-0.15, -0.1) is 0 Å². The summed E-state index contributed by atoms with van der Waals surface area (Å²) >= 11 is 0. The predicted octanol–water partition coefficient (Wildman–Crippen LogP) is 4.43. The second-order valence-electron chi connectivity index (χ2n) is 7.94. The molecule has 2 heterocycles. The summed E-state index contributed by atoms with van der Waals surface area (Å²) in [7, 11) is 1.49. The summed E-state index contributed by atoms with van der Waals surface area (Å²) in [6, 6.07) is 6.67. The number of amides is 1. The Kier molecular flexibility index (Phi) is 6.05. The van der Waals surface area contributed by atoms with Gasteiger partial charge in [-0.25, -0.2) is 4.98 Å². The Morgan fingerprint density at radius 2 is 2.00 bits per heavy atom. The van der Waals surface area contributed by atoms with Gasteiger partial charge in [-0.1, -0.05) is 6.07 Å². The van der Waals surface area contributed by atoms with Crippen molar-refractivity contribution in [3.8, 4) is 5.75 Å².